The zero-order valence-electron chi connectivity index (χ0n) is 24.8. The average Bonchev–Trinajstić information content (AvgIpc) is 2.87. The Labute approximate surface area is 240 Å². The third-order valence-electron chi connectivity index (χ3n) is 6.33. The predicted molar refractivity (Wildman–Crippen MR) is 148 cm³/mol. The summed E-state index contributed by atoms with van der Waals surface area (Å²) in [5.41, 5.74) is 6.01. The second kappa shape index (κ2) is 17.8. The quantitative estimate of drug-likeness (QED) is 0.0942. The number of carbonyl (C=O) groups is 7. The van der Waals surface area contributed by atoms with Gasteiger partial charge in [0.05, 0.1) is 19.0 Å². The van der Waals surface area contributed by atoms with Crippen molar-refractivity contribution in [2.24, 2.45) is 23.5 Å². The molecule has 9 N–H and O–H groups in total. The molecule has 41 heavy (non-hydrogen) atoms. The molecule has 0 aliphatic heterocycles. The molecule has 0 bridgehead atoms. The highest BCUT2D eigenvalue weighted by molar-refractivity contribution is 5.95. The summed E-state index contributed by atoms with van der Waals surface area (Å²) in [5, 5.41) is 29.7. The minimum atomic E-state index is -1.68. The molecule has 6 atom stereocenters. The van der Waals surface area contributed by atoms with E-state index in [-0.39, 0.29) is 11.8 Å². The molecule has 0 saturated carbocycles. The minimum absolute atomic E-state index is 0.0352. The zero-order valence-corrected chi connectivity index (χ0v) is 24.8. The molecule has 234 valence electrons. The van der Waals surface area contributed by atoms with Crippen LogP contribution in [0.2, 0.25) is 0 Å². The molecule has 0 rings (SSSR count). The van der Waals surface area contributed by atoms with E-state index in [9.17, 15) is 33.6 Å². The number of carboxylic acids is 2. The summed E-state index contributed by atoms with van der Waals surface area (Å²) in [4.78, 5) is 85.0. The van der Waals surface area contributed by atoms with Gasteiger partial charge in [0, 0.05) is 0 Å². The Morgan fingerprint density at radius 1 is 0.732 bits per heavy atom. The lowest BCUT2D eigenvalue weighted by Crippen LogP contribution is -2.59. The van der Waals surface area contributed by atoms with Gasteiger partial charge in [-0.05, 0) is 31.1 Å². The topological polar surface area (TPSA) is 246 Å². The van der Waals surface area contributed by atoms with Gasteiger partial charge < -0.3 is 42.5 Å². The number of rotatable bonds is 18. The maximum absolute atomic E-state index is 13.1. The average molecular weight is 587 g/mol. The molecule has 5 amide bonds. The van der Waals surface area contributed by atoms with E-state index in [4.69, 9.17) is 15.9 Å². The third-order valence-corrected chi connectivity index (χ3v) is 6.33. The van der Waals surface area contributed by atoms with E-state index in [0.717, 1.165) is 0 Å². The van der Waals surface area contributed by atoms with E-state index in [2.05, 4.69) is 21.3 Å². The first kappa shape index (κ1) is 37.2. The molecule has 0 spiro atoms. The van der Waals surface area contributed by atoms with Crippen molar-refractivity contribution in [3.8, 4) is 0 Å². The molecule has 0 radical (unpaired) electrons. The van der Waals surface area contributed by atoms with Gasteiger partial charge in [-0.15, -0.1) is 0 Å². The monoisotopic (exact) mass is 586 g/mol. The molecule has 0 saturated heterocycles. The number of carboxylic acid groups (broad SMARTS) is 2. The van der Waals surface area contributed by atoms with Crippen LogP contribution in [-0.2, 0) is 33.6 Å². The fourth-order valence-electron chi connectivity index (χ4n) is 3.58. The second-order valence-corrected chi connectivity index (χ2v) is 10.8. The van der Waals surface area contributed by atoms with E-state index >= 15 is 0 Å². The molecule has 0 aliphatic carbocycles. The SMILES string of the molecule is CC[C@H](C)[C@H](N)C(=O)N[C@@H](CC(C)C)C(=O)N[C@H](C(=O)N[C@@H](C)C(=O)NCC(=O)N[C@@H](CC(=O)O)C(=O)O)C(C)C. The Balaban J connectivity index is 5.26. The molecule has 15 heteroatoms. The highest BCUT2D eigenvalue weighted by Gasteiger charge is 2.32. The van der Waals surface area contributed by atoms with Gasteiger partial charge in [-0.1, -0.05) is 48.0 Å². The van der Waals surface area contributed by atoms with Gasteiger partial charge in [-0.3, -0.25) is 28.8 Å². The Bertz CT molecular complexity index is 956. The predicted octanol–water partition coefficient (Wildman–Crippen LogP) is -1.30. The van der Waals surface area contributed by atoms with Gasteiger partial charge in [-0.25, -0.2) is 4.79 Å². The van der Waals surface area contributed by atoms with Crippen molar-refractivity contribution in [2.45, 2.75) is 97.9 Å². The van der Waals surface area contributed by atoms with Crippen molar-refractivity contribution in [3.05, 3.63) is 0 Å². The maximum Gasteiger partial charge on any atom is 0.326 e. The maximum atomic E-state index is 13.1. The molecule has 0 unspecified atom stereocenters. The molecule has 0 aliphatic rings. The van der Waals surface area contributed by atoms with Crippen LogP contribution in [0.3, 0.4) is 0 Å². The van der Waals surface area contributed by atoms with Crippen LogP contribution in [0.4, 0.5) is 0 Å². The van der Waals surface area contributed by atoms with Gasteiger partial charge >= 0.3 is 11.9 Å². The number of hydrogen-bond donors (Lipinski definition) is 8. The van der Waals surface area contributed by atoms with Crippen molar-refractivity contribution in [1.82, 2.24) is 26.6 Å². The van der Waals surface area contributed by atoms with Crippen LogP contribution in [0.15, 0.2) is 0 Å². The summed E-state index contributed by atoms with van der Waals surface area (Å²) in [6.45, 7) is 11.5. The Kier molecular flexibility index (Phi) is 16.2. The van der Waals surface area contributed by atoms with Crippen molar-refractivity contribution in [2.75, 3.05) is 6.54 Å². The van der Waals surface area contributed by atoms with Crippen LogP contribution >= 0.6 is 0 Å². The standard InChI is InChI=1S/C26H46N6O9/c1-8-14(6)20(27)24(38)31-16(9-12(2)3)23(37)32-21(13(4)5)25(39)29-15(7)22(36)28-11-18(33)30-17(26(40)41)10-19(34)35/h12-17,20-21H,8-11,27H2,1-7H3,(H,28,36)(H,29,39)(H,30,33)(H,31,38)(H,32,37)(H,34,35)(H,40,41)/t14-,15-,16-,17-,20-,21-/m0/s1. The number of nitrogens with two attached hydrogens (primary N) is 1. The number of amides is 5. The summed E-state index contributed by atoms with van der Waals surface area (Å²) in [6.07, 6.45) is 0.124. The molecule has 15 nitrogen and oxygen atoms in total. The highest BCUT2D eigenvalue weighted by atomic mass is 16.4. The summed E-state index contributed by atoms with van der Waals surface area (Å²) >= 11 is 0. The highest BCUT2D eigenvalue weighted by Crippen LogP contribution is 2.10. The Morgan fingerprint density at radius 2 is 1.32 bits per heavy atom. The van der Waals surface area contributed by atoms with Crippen LogP contribution in [0, 0.1) is 17.8 Å². The van der Waals surface area contributed by atoms with Crippen LogP contribution in [0.1, 0.15) is 67.7 Å². The number of aliphatic carboxylic acids is 2. The molecule has 0 aromatic rings. The largest absolute Gasteiger partial charge is 0.481 e. The Morgan fingerprint density at radius 3 is 1.78 bits per heavy atom. The van der Waals surface area contributed by atoms with Crippen molar-refractivity contribution in [1.29, 1.82) is 0 Å². The zero-order chi connectivity index (χ0) is 32.0. The first-order valence-electron chi connectivity index (χ1n) is 13.6. The molecular formula is C26H46N6O9. The van der Waals surface area contributed by atoms with Crippen LogP contribution < -0.4 is 32.3 Å². The van der Waals surface area contributed by atoms with E-state index in [1.807, 2.05) is 33.0 Å². The summed E-state index contributed by atoms with van der Waals surface area (Å²) in [6, 6.07) is -5.65. The molecule has 0 heterocycles. The van der Waals surface area contributed by atoms with Gasteiger partial charge in [0.25, 0.3) is 0 Å². The lowest BCUT2D eigenvalue weighted by atomic mass is 9.97. The van der Waals surface area contributed by atoms with Gasteiger partial charge in [0.15, 0.2) is 0 Å². The fraction of sp³-hybridized carbons (Fsp3) is 0.731. The lowest BCUT2D eigenvalue weighted by Gasteiger charge is -2.28. The van der Waals surface area contributed by atoms with E-state index in [0.29, 0.717) is 12.8 Å². The normalized spacial score (nSPS) is 15.5. The minimum Gasteiger partial charge on any atom is -0.481 e. The lowest BCUT2D eigenvalue weighted by molar-refractivity contribution is -0.147. The van der Waals surface area contributed by atoms with Crippen LogP contribution in [-0.4, -0.2) is 88.4 Å². The first-order chi connectivity index (χ1) is 18.9. The van der Waals surface area contributed by atoms with E-state index in [1.165, 1.54) is 6.92 Å². The van der Waals surface area contributed by atoms with Gasteiger partial charge in [-0.2, -0.15) is 0 Å². The fourth-order valence-corrected chi connectivity index (χ4v) is 3.58. The molecule has 0 aromatic heterocycles. The van der Waals surface area contributed by atoms with Gasteiger partial charge in [0.1, 0.15) is 24.2 Å². The molecular weight excluding hydrogens is 540 g/mol. The summed E-state index contributed by atoms with van der Waals surface area (Å²) in [7, 11) is 0. The van der Waals surface area contributed by atoms with Crippen LogP contribution in [0.25, 0.3) is 0 Å². The van der Waals surface area contributed by atoms with E-state index < -0.39 is 90.6 Å². The van der Waals surface area contributed by atoms with E-state index in [1.54, 1.807) is 13.8 Å². The Hall–Kier alpha value is -3.75. The summed E-state index contributed by atoms with van der Waals surface area (Å²) in [5.74, 6) is -6.92. The number of carbonyl (C=O) groups excluding carboxylic acids is 5. The van der Waals surface area contributed by atoms with Crippen molar-refractivity contribution < 1.29 is 43.8 Å². The van der Waals surface area contributed by atoms with Crippen LogP contribution in [0.5, 0.6) is 0 Å². The molecule has 0 aromatic carbocycles. The van der Waals surface area contributed by atoms with Crippen molar-refractivity contribution in [3.63, 3.8) is 0 Å². The third kappa shape index (κ3) is 13.9. The second-order valence-electron chi connectivity index (χ2n) is 10.8. The van der Waals surface area contributed by atoms with Gasteiger partial charge in [0.2, 0.25) is 29.5 Å². The smallest absolute Gasteiger partial charge is 0.326 e. The number of nitrogens with one attached hydrogen (secondary N) is 5. The molecule has 0 fully saturated rings. The number of hydrogen-bond acceptors (Lipinski definition) is 8. The van der Waals surface area contributed by atoms with Crippen molar-refractivity contribution >= 4 is 41.5 Å². The summed E-state index contributed by atoms with van der Waals surface area (Å²) < 4.78 is 0. The first-order valence-corrected chi connectivity index (χ1v) is 13.6.